The maximum absolute atomic E-state index is 11.5. The van der Waals surface area contributed by atoms with Gasteiger partial charge in [0, 0.05) is 18.2 Å². The number of rotatable bonds is 5. The average Bonchev–Trinajstić information content (AvgIpc) is 2.52. The van der Waals surface area contributed by atoms with Crippen LogP contribution in [0.25, 0.3) is 6.08 Å². The van der Waals surface area contributed by atoms with Crippen molar-refractivity contribution in [3.8, 4) is 0 Å². The molecule has 0 unspecified atom stereocenters. The molecule has 0 aliphatic heterocycles. The molecule has 5 heteroatoms. The summed E-state index contributed by atoms with van der Waals surface area (Å²) in [7, 11) is 0. The second-order valence-electron chi connectivity index (χ2n) is 4.28. The first kappa shape index (κ1) is 14.5. The summed E-state index contributed by atoms with van der Waals surface area (Å²) in [5.41, 5.74) is 1.62. The Hall–Kier alpha value is -2.95. The zero-order chi connectivity index (χ0) is 15.1. The number of esters is 1. The van der Waals surface area contributed by atoms with Gasteiger partial charge in [-0.25, -0.2) is 4.79 Å². The summed E-state index contributed by atoms with van der Waals surface area (Å²) in [6, 6.07) is 15.3. The molecule has 0 aliphatic carbocycles. The van der Waals surface area contributed by atoms with E-state index in [1.54, 1.807) is 18.2 Å². The van der Waals surface area contributed by atoms with Crippen LogP contribution in [-0.4, -0.2) is 10.9 Å². The van der Waals surface area contributed by atoms with Crippen molar-refractivity contribution < 1.29 is 14.5 Å². The maximum Gasteiger partial charge on any atom is 0.331 e. The standard InChI is InChI=1S/C16H13NO4/c18-16(21-12-14-4-2-1-3-5-14)11-8-13-6-9-15(10-7-13)17(19)20/h1-11H,12H2/b11-8-. The van der Waals surface area contributed by atoms with Crippen molar-refractivity contribution in [2.75, 3.05) is 0 Å². The van der Waals surface area contributed by atoms with Crippen molar-refractivity contribution in [3.05, 3.63) is 81.9 Å². The van der Waals surface area contributed by atoms with Crippen LogP contribution in [0.3, 0.4) is 0 Å². The molecule has 2 rings (SSSR count). The molecule has 2 aromatic carbocycles. The summed E-state index contributed by atoms with van der Waals surface area (Å²) in [5.74, 6) is -0.461. The Bertz CT molecular complexity index is 648. The minimum absolute atomic E-state index is 0.0128. The third kappa shape index (κ3) is 4.58. The van der Waals surface area contributed by atoms with E-state index in [1.165, 1.54) is 18.2 Å². The first-order valence-electron chi connectivity index (χ1n) is 6.28. The van der Waals surface area contributed by atoms with Gasteiger partial charge in [0.2, 0.25) is 0 Å². The maximum atomic E-state index is 11.5. The van der Waals surface area contributed by atoms with Gasteiger partial charge in [0.15, 0.2) is 0 Å². The number of carbonyl (C=O) groups excluding carboxylic acids is 1. The van der Waals surface area contributed by atoms with Gasteiger partial charge in [-0.2, -0.15) is 0 Å². The highest BCUT2D eigenvalue weighted by molar-refractivity contribution is 5.87. The fourth-order valence-electron chi connectivity index (χ4n) is 1.65. The third-order valence-corrected chi connectivity index (χ3v) is 2.74. The van der Waals surface area contributed by atoms with Crippen LogP contribution < -0.4 is 0 Å². The minimum Gasteiger partial charge on any atom is -0.458 e. The molecule has 0 radical (unpaired) electrons. The number of benzene rings is 2. The van der Waals surface area contributed by atoms with Crippen LogP contribution in [0, 0.1) is 10.1 Å². The number of nitro groups is 1. The average molecular weight is 283 g/mol. The number of non-ortho nitro benzene ring substituents is 1. The summed E-state index contributed by atoms with van der Waals surface area (Å²) in [5, 5.41) is 10.5. The Morgan fingerprint density at radius 3 is 2.38 bits per heavy atom. The van der Waals surface area contributed by atoms with Gasteiger partial charge in [-0.05, 0) is 29.3 Å². The van der Waals surface area contributed by atoms with Crippen molar-refractivity contribution >= 4 is 17.7 Å². The fraction of sp³-hybridized carbons (Fsp3) is 0.0625. The molecule has 0 atom stereocenters. The van der Waals surface area contributed by atoms with Crippen molar-refractivity contribution in [2.45, 2.75) is 6.61 Å². The third-order valence-electron chi connectivity index (χ3n) is 2.74. The van der Waals surface area contributed by atoms with Crippen LogP contribution in [0.5, 0.6) is 0 Å². The van der Waals surface area contributed by atoms with E-state index in [9.17, 15) is 14.9 Å². The molecule has 21 heavy (non-hydrogen) atoms. The number of nitrogens with zero attached hydrogens (tertiary/aromatic N) is 1. The van der Waals surface area contributed by atoms with E-state index in [2.05, 4.69) is 0 Å². The molecule has 0 aliphatic rings. The molecular weight excluding hydrogens is 270 g/mol. The molecule has 0 saturated carbocycles. The quantitative estimate of drug-likeness (QED) is 0.365. The number of ether oxygens (including phenoxy) is 1. The van der Waals surface area contributed by atoms with E-state index in [0.717, 1.165) is 5.56 Å². The van der Waals surface area contributed by atoms with Crippen LogP contribution >= 0.6 is 0 Å². The number of carbonyl (C=O) groups is 1. The molecule has 0 saturated heterocycles. The van der Waals surface area contributed by atoms with Crippen LogP contribution in [-0.2, 0) is 16.1 Å². The lowest BCUT2D eigenvalue weighted by atomic mass is 10.2. The van der Waals surface area contributed by atoms with Crippen LogP contribution in [0.1, 0.15) is 11.1 Å². The SMILES string of the molecule is O=C(/C=C\c1ccc([N+](=O)[O-])cc1)OCc1ccccc1. The molecule has 0 heterocycles. The van der Waals surface area contributed by atoms with Gasteiger partial charge in [-0.15, -0.1) is 0 Å². The zero-order valence-corrected chi connectivity index (χ0v) is 11.1. The lowest BCUT2D eigenvalue weighted by Crippen LogP contribution is -2.00. The van der Waals surface area contributed by atoms with Gasteiger partial charge >= 0.3 is 5.97 Å². The van der Waals surface area contributed by atoms with Gasteiger partial charge in [0.1, 0.15) is 6.61 Å². The smallest absolute Gasteiger partial charge is 0.331 e. The van der Waals surface area contributed by atoms with Crippen molar-refractivity contribution in [1.82, 2.24) is 0 Å². The summed E-state index contributed by atoms with van der Waals surface area (Å²) in [6.07, 6.45) is 2.85. The second kappa shape index (κ2) is 7.00. The van der Waals surface area contributed by atoms with Crippen LogP contribution in [0.4, 0.5) is 5.69 Å². The van der Waals surface area contributed by atoms with Gasteiger partial charge in [0.25, 0.3) is 5.69 Å². The highest BCUT2D eigenvalue weighted by Crippen LogP contribution is 2.13. The van der Waals surface area contributed by atoms with Gasteiger partial charge in [-0.1, -0.05) is 30.3 Å². The summed E-state index contributed by atoms with van der Waals surface area (Å²) < 4.78 is 5.08. The highest BCUT2D eigenvalue weighted by Gasteiger charge is 2.03. The Labute approximate surface area is 121 Å². The molecule has 0 bridgehead atoms. The number of nitro benzene ring substituents is 1. The summed E-state index contributed by atoms with van der Waals surface area (Å²) in [4.78, 5) is 21.6. The molecule has 0 N–H and O–H groups in total. The van der Waals surface area contributed by atoms with E-state index < -0.39 is 10.9 Å². The highest BCUT2D eigenvalue weighted by atomic mass is 16.6. The Kier molecular flexibility index (Phi) is 4.82. The van der Waals surface area contributed by atoms with E-state index in [0.29, 0.717) is 5.56 Å². The van der Waals surface area contributed by atoms with Crippen molar-refractivity contribution in [2.24, 2.45) is 0 Å². The zero-order valence-electron chi connectivity index (χ0n) is 11.1. The van der Waals surface area contributed by atoms with E-state index in [-0.39, 0.29) is 12.3 Å². The molecule has 5 nitrogen and oxygen atoms in total. The summed E-state index contributed by atoms with van der Waals surface area (Å²) >= 11 is 0. The van der Waals surface area contributed by atoms with Crippen molar-refractivity contribution in [3.63, 3.8) is 0 Å². The molecule has 0 spiro atoms. The molecular formula is C16H13NO4. The second-order valence-corrected chi connectivity index (χ2v) is 4.28. The van der Waals surface area contributed by atoms with Crippen molar-refractivity contribution in [1.29, 1.82) is 0 Å². The van der Waals surface area contributed by atoms with Crippen LogP contribution in [0.2, 0.25) is 0 Å². The topological polar surface area (TPSA) is 69.4 Å². The predicted molar refractivity (Wildman–Crippen MR) is 78.4 cm³/mol. The monoisotopic (exact) mass is 283 g/mol. The lowest BCUT2D eigenvalue weighted by molar-refractivity contribution is -0.384. The number of hydrogen-bond acceptors (Lipinski definition) is 4. The Morgan fingerprint density at radius 1 is 1.10 bits per heavy atom. The molecule has 0 fully saturated rings. The minimum atomic E-state index is -0.471. The van der Waals surface area contributed by atoms with E-state index in [4.69, 9.17) is 4.74 Å². The number of hydrogen-bond donors (Lipinski definition) is 0. The lowest BCUT2D eigenvalue weighted by Gasteiger charge is -2.01. The largest absolute Gasteiger partial charge is 0.458 e. The van der Waals surface area contributed by atoms with E-state index in [1.807, 2.05) is 30.3 Å². The first-order chi connectivity index (χ1) is 10.1. The predicted octanol–water partition coefficient (Wildman–Crippen LogP) is 3.35. The van der Waals surface area contributed by atoms with E-state index >= 15 is 0 Å². The van der Waals surface area contributed by atoms with Gasteiger partial charge in [0.05, 0.1) is 4.92 Å². The molecule has 0 aromatic heterocycles. The normalized spacial score (nSPS) is 10.5. The fourth-order valence-corrected chi connectivity index (χ4v) is 1.65. The molecule has 2 aromatic rings. The Balaban J connectivity index is 1.88. The van der Waals surface area contributed by atoms with Gasteiger partial charge < -0.3 is 4.74 Å². The Morgan fingerprint density at radius 2 is 1.76 bits per heavy atom. The summed E-state index contributed by atoms with van der Waals surface area (Å²) in [6.45, 7) is 0.213. The van der Waals surface area contributed by atoms with Gasteiger partial charge in [-0.3, -0.25) is 10.1 Å². The molecule has 106 valence electrons. The molecule has 0 amide bonds. The first-order valence-corrected chi connectivity index (χ1v) is 6.28. The van der Waals surface area contributed by atoms with Crippen LogP contribution in [0.15, 0.2) is 60.7 Å².